The molecule has 1 amide bonds. The van der Waals surface area contributed by atoms with Gasteiger partial charge in [-0.3, -0.25) is 4.79 Å². The van der Waals surface area contributed by atoms with Gasteiger partial charge in [-0.1, -0.05) is 30.7 Å². The first-order chi connectivity index (χ1) is 9.24. The number of nitrogens with two attached hydrogens (primary N) is 1. The third-order valence-electron chi connectivity index (χ3n) is 4.57. The summed E-state index contributed by atoms with van der Waals surface area (Å²) in [6, 6.07) is 8.72. The molecule has 1 saturated carbocycles. The van der Waals surface area contributed by atoms with Gasteiger partial charge in [-0.25, -0.2) is 0 Å². The highest BCUT2D eigenvalue weighted by atomic mass is 16.1. The Bertz CT molecular complexity index is 472. The highest BCUT2D eigenvalue weighted by Gasteiger charge is 2.28. The van der Waals surface area contributed by atoms with E-state index in [0.29, 0.717) is 5.92 Å². The molecule has 3 atom stereocenters. The lowest BCUT2D eigenvalue weighted by atomic mass is 9.77. The maximum atomic E-state index is 12.1. The van der Waals surface area contributed by atoms with Crippen molar-refractivity contribution in [3.8, 4) is 0 Å². The van der Waals surface area contributed by atoms with Gasteiger partial charge in [-0.15, -0.1) is 0 Å². The maximum absolute atomic E-state index is 12.1. The first kappa shape index (κ1) is 12.7. The number of nitrogens with one attached hydrogen (secondary N) is 1. The summed E-state index contributed by atoms with van der Waals surface area (Å²) in [5.41, 5.74) is 8.78. The molecule has 0 bridgehead atoms. The smallest absolute Gasteiger partial charge is 0.223 e. The van der Waals surface area contributed by atoms with Gasteiger partial charge in [0, 0.05) is 24.4 Å². The van der Waals surface area contributed by atoms with Crippen LogP contribution in [0.4, 0.5) is 0 Å². The summed E-state index contributed by atoms with van der Waals surface area (Å²) in [5.74, 6) is 0.857. The second kappa shape index (κ2) is 5.33. The molecule has 1 aromatic rings. The van der Waals surface area contributed by atoms with Crippen LogP contribution in [0, 0.1) is 5.92 Å². The van der Waals surface area contributed by atoms with Gasteiger partial charge < -0.3 is 11.1 Å². The van der Waals surface area contributed by atoms with Gasteiger partial charge >= 0.3 is 0 Å². The summed E-state index contributed by atoms with van der Waals surface area (Å²) >= 11 is 0. The van der Waals surface area contributed by atoms with Gasteiger partial charge in [-0.2, -0.15) is 0 Å². The number of amides is 1. The Kier molecular flexibility index (Phi) is 3.56. The number of carbonyl (C=O) groups excluding carboxylic acids is 1. The predicted octanol–water partition coefficient (Wildman–Crippen LogP) is 1.96. The molecule has 2 aliphatic rings. The second-order valence-corrected chi connectivity index (χ2v) is 5.97. The Labute approximate surface area is 114 Å². The second-order valence-electron chi connectivity index (χ2n) is 5.97. The molecule has 0 aliphatic heterocycles. The Morgan fingerprint density at radius 1 is 1.32 bits per heavy atom. The minimum Gasteiger partial charge on any atom is -0.355 e. The normalized spacial score (nSPS) is 29.2. The number of fused-ring (bicyclic) bond motifs is 1. The van der Waals surface area contributed by atoms with E-state index in [9.17, 15) is 4.79 Å². The van der Waals surface area contributed by atoms with E-state index >= 15 is 0 Å². The van der Waals surface area contributed by atoms with Gasteiger partial charge in [0.2, 0.25) is 5.91 Å². The molecule has 0 aromatic heterocycles. The van der Waals surface area contributed by atoms with E-state index < -0.39 is 0 Å². The molecular weight excluding hydrogens is 236 g/mol. The summed E-state index contributed by atoms with van der Waals surface area (Å²) in [6.45, 7) is 0.779. The molecule has 1 fully saturated rings. The lowest BCUT2D eigenvalue weighted by Crippen LogP contribution is -2.40. The average molecular weight is 258 g/mol. The molecule has 102 valence electrons. The van der Waals surface area contributed by atoms with Crippen molar-refractivity contribution in [2.75, 3.05) is 6.54 Å². The van der Waals surface area contributed by atoms with Crippen molar-refractivity contribution in [2.45, 2.75) is 44.1 Å². The number of benzene rings is 1. The fourth-order valence-corrected chi connectivity index (χ4v) is 3.38. The summed E-state index contributed by atoms with van der Waals surface area (Å²) in [6.07, 6.45) is 5.11. The maximum Gasteiger partial charge on any atom is 0.223 e. The molecule has 3 unspecified atom stereocenters. The molecule has 3 nitrogen and oxygen atoms in total. The van der Waals surface area contributed by atoms with E-state index in [1.165, 1.54) is 11.1 Å². The molecule has 3 N–H and O–H groups in total. The van der Waals surface area contributed by atoms with E-state index in [1.54, 1.807) is 0 Å². The lowest BCUT2D eigenvalue weighted by molar-refractivity contribution is -0.126. The van der Waals surface area contributed by atoms with Crippen molar-refractivity contribution in [1.29, 1.82) is 0 Å². The molecule has 1 aromatic carbocycles. The Morgan fingerprint density at radius 2 is 2.16 bits per heavy atom. The van der Waals surface area contributed by atoms with Crippen molar-refractivity contribution < 1.29 is 4.79 Å². The van der Waals surface area contributed by atoms with Crippen LogP contribution >= 0.6 is 0 Å². The van der Waals surface area contributed by atoms with Gasteiger partial charge in [0.15, 0.2) is 0 Å². The first-order valence-electron chi connectivity index (χ1n) is 7.35. The number of hydrogen-bond acceptors (Lipinski definition) is 2. The van der Waals surface area contributed by atoms with Crippen LogP contribution in [0.25, 0.3) is 0 Å². The molecule has 0 saturated heterocycles. The minimum absolute atomic E-state index is 0.138. The Morgan fingerprint density at radius 3 is 2.95 bits per heavy atom. The van der Waals surface area contributed by atoms with Crippen molar-refractivity contribution in [3.05, 3.63) is 35.4 Å². The number of carbonyl (C=O) groups is 1. The fraction of sp³-hybridized carbons (Fsp3) is 0.562. The zero-order valence-corrected chi connectivity index (χ0v) is 11.3. The van der Waals surface area contributed by atoms with E-state index in [0.717, 1.165) is 38.6 Å². The highest BCUT2D eigenvalue weighted by Crippen LogP contribution is 2.34. The topological polar surface area (TPSA) is 55.1 Å². The van der Waals surface area contributed by atoms with E-state index in [2.05, 4.69) is 29.6 Å². The summed E-state index contributed by atoms with van der Waals surface area (Å²) < 4.78 is 0. The van der Waals surface area contributed by atoms with Crippen LogP contribution in [-0.2, 0) is 11.2 Å². The lowest BCUT2D eigenvalue weighted by Gasteiger charge is -2.31. The first-order valence-corrected chi connectivity index (χ1v) is 7.35. The molecular formula is C16H22N2O. The van der Waals surface area contributed by atoms with Crippen molar-refractivity contribution >= 4 is 5.91 Å². The van der Waals surface area contributed by atoms with E-state index in [1.807, 2.05) is 0 Å². The average Bonchev–Trinajstić information content (AvgIpc) is 2.39. The number of rotatable bonds is 3. The van der Waals surface area contributed by atoms with E-state index in [-0.39, 0.29) is 17.9 Å². The summed E-state index contributed by atoms with van der Waals surface area (Å²) in [5, 5.41) is 3.12. The standard InChI is InChI=1S/C16H22N2O/c17-14-6-3-5-12(9-14)16(19)18-10-13-8-11-4-1-2-7-15(11)13/h1-2,4,7,12-14H,3,5-6,8-10,17H2,(H,18,19). The van der Waals surface area contributed by atoms with Crippen LogP contribution in [0.2, 0.25) is 0 Å². The molecule has 3 heteroatoms. The molecule has 0 spiro atoms. The molecule has 2 aliphatic carbocycles. The number of hydrogen-bond donors (Lipinski definition) is 2. The van der Waals surface area contributed by atoms with Gasteiger partial charge in [0.1, 0.15) is 0 Å². The summed E-state index contributed by atoms with van der Waals surface area (Å²) in [4.78, 5) is 12.1. The molecule has 19 heavy (non-hydrogen) atoms. The van der Waals surface area contributed by atoms with Crippen LogP contribution in [0.5, 0.6) is 0 Å². The SMILES string of the molecule is NC1CCCC(C(=O)NCC2Cc3ccccc32)C1. The van der Waals surface area contributed by atoms with Gasteiger partial charge in [0.25, 0.3) is 0 Å². The fourth-order valence-electron chi connectivity index (χ4n) is 3.38. The molecule has 3 rings (SSSR count). The van der Waals surface area contributed by atoms with Crippen molar-refractivity contribution in [2.24, 2.45) is 11.7 Å². The zero-order chi connectivity index (χ0) is 13.2. The largest absolute Gasteiger partial charge is 0.355 e. The minimum atomic E-state index is 0.138. The highest BCUT2D eigenvalue weighted by molar-refractivity contribution is 5.78. The van der Waals surface area contributed by atoms with E-state index in [4.69, 9.17) is 5.73 Å². The van der Waals surface area contributed by atoms with Crippen LogP contribution in [0.15, 0.2) is 24.3 Å². The predicted molar refractivity (Wildman–Crippen MR) is 75.8 cm³/mol. The summed E-state index contributed by atoms with van der Waals surface area (Å²) in [7, 11) is 0. The molecule has 0 radical (unpaired) electrons. The quantitative estimate of drug-likeness (QED) is 0.870. The molecule has 0 heterocycles. The van der Waals surface area contributed by atoms with Gasteiger partial charge in [-0.05, 0) is 36.8 Å². The zero-order valence-electron chi connectivity index (χ0n) is 11.3. The Balaban J connectivity index is 1.49. The van der Waals surface area contributed by atoms with Crippen molar-refractivity contribution in [1.82, 2.24) is 5.32 Å². The third-order valence-corrected chi connectivity index (χ3v) is 4.57. The Hall–Kier alpha value is -1.35. The van der Waals surface area contributed by atoms with Crippen molar-refractivity contribution in [3.63, 3.8) is 0 Å². The third kappa shape index (κ3) is 2.66. The van der Waals surface area contributed by atoms with Gasteiger partial charge in [0.05, 0.1) is 0 Å². The monoisotopic (exact) mass is 258 g/mol. The van der Waals surface area contributed by atoms with Crippen LogP contribution < -0.4 is 11.1 Å². The van der Waals surface area contributed by atoms with Crippen LogP contribution in [0.3, 0.4) is 0 Å². The van der Waals surface area contributed by atoms with Crippen LogP contribution in [-0.4, -0.2) is 18.5 Å². The van der Waals surface area contributed by atoms with Crippen LogP contribution in [0.1, 0.15) is 42.7 Å².